The van der Waals surface area contributed by atoms with Crippen molar-refractivity contribution in [1.82, 2.24) is 24.0 Å². The van der Waals surface area contributed by atoms with E-state index in [4.69, 9.17) is 15.2 Å². The molecular formula is C32H31N7O4. The Kier molecular flexibility index (Phi) is 7.98. The van der Waals surface area contributed by atoms with Gasteiger partial charge in [-0.1, -0.05) is 30.3 Å². The Bertz CT molecular complexity index is 1820. The van der Waals surface area contributed by atoms with E-state index in [1.165, 1.54) is 21.5 Å². The lowest BCUT2D eigenvalue weighted by atomic mass is 10.2. The summed E-state index contributed by atoms with van der Waals surface area (Å²) < 4.78 is 14.3. The standard InChI is InChI=1S/C32H31N7O4/c1-37(25-16-18-42-20-25)17-6-11-28(40)36-22-7-5-8-24(19-22)39-31-29(30(33)34-21-35-31)38(32(39)41)23-12-14-27(15-13-23)43-26-9-3-2-4-10-26/h2-15,19,21,25H,16-18,20H2,1H3,(H,36,40)(H2,33,34,35)/b11-6+. The molecule has 11 nitrogen and oxygen atoms in total. The number of nitrogen functional groups attached to an aromatic ring is 1. The van der Waals surface area contributed by atoms with E-state index in [-0.39, 0.29) is 17.4 Å². The first-order chi connectivity index (χ1) is 21.0. The van der Waals surface area contributed by atoms with Crippen molar-refractivity contribution in [3.05, 3.63) is 108 Å². The molecule has 0 aliphatic carbocycles. The van der Waals surface area contributed by atoms with E-state index in [9.17, 15) is 9.59 Å². The van der Waals surface area contributed by atoms with Crippen molar-refractivity contribution >= 4 is 28.6 Å². The molecule has 0 radical (unpaired) electrons. The van der Waals surface area contributed by atoms with Gasteiger partial charge < -0.3 is 20.5 Å². The molecule has 1 fully saturated rings. The van der Waals surface area contributed by atoms with Gasteiger partial charge in [-0.3, -0.25) is 14.3 Å². The minimum Gasteiger partial charge on any atom is -0.457 e. The number of hydrogen-bond donors (Lipinski definition) is 2. The summed E-state index contributed by atoms with van der Waals surface area (Å²) in [5.41, 5.74) is 8.20. The van der Waals surface area contributed by atoms with Crippen molar-refractivity contribution in [3.8, 4) is 22.9 Å². The summed E-state index contributed by atoms with van der Waals surface area (Å²) in [7, 11) is 2.02. The maximum Gasteiger partial charge on any atom is 0.339 e. The average molecular weight is 578 g/mol. The largest absolute Gasteiger partial charge is 0.457 e. The molecule has 3 aromatic carbocycles. The van der Waals surface area contributed by atoms with Crippen LogP contribution in [0, 0.1) is 0 Å². The summed E-state index contributed by atoms with van der Waals surface area (Å²) in [6.07, 6.45) is 5.64. The van der Waals surface area contributed by atoms with E-state index in [2.05, 4.69) is 20.2 Å². The van der Waals surface area contributed by atoms with Gasteiger partial charge >= 0.3 is 5.69 Å². The third-order valence-electron chi connectivity index (χ3n) is 7.29. The van der Waals surface area contributed by atoms with Gasteiger partial charge in [0.25, 0.3) is 0 Å². The zero-order valence-electron chi connectivity index (χ0n) is 23.6. The number of nitrogens with two attached hydrogens (primary N) is 1. The highest BCUT2D eigenvalue weighted by atomic mass is 16.5. The number of aromatic nitrogens is 4. The van der Waals surface area contributed by atoms with Crippen LogP contribution in [0.15, 0.2) is 102 Å². The molecule has 1 aliphatic rings. The van der Waals surface area contributed by atoms with Crippen LogP contribution in [0.25, 0.3) is 22.5 Å². The van der Waals surface area contributed by atoms with Gasteiger partial charge in [0.1, 0.15) is 23.3 Å². The van der Waals surface area contributed by atoms with Crippen LogP contribution in [0.1, 0.15) is 6.42 Å². The summed E-state index contributed by atoms with van der Waals surface area (Å²) in [4.78, 5) is 37.3. The predicted molar refractivity (Wildman–Crippen MR) is 165 cm³/mol. The van der Waals surface area contributed by atoms with Crippen molar-refractivity contribution < 1.29 is 14.3 Å². The van der Waals surface area contributed by atoms with Gasteiger partial charge in [-0.05, 0) is 68.1 Å². The summed E-state index contributed by atoms with van der Waals surface area (Å²) in [5, 5.41) is 2.88. The van der Waals surface area contributed by atoms with E-state index in [1.54, 1.807) is 48.5 Å². The molecule has 1 aliphatic heterocycles. The lowest BCUT2D eigenvalue weighted by molar-refractivity contribution is -0.111. The number of nitrogens with one attached hydrogen (secondary N) is 1. The number of ether oxygens (including phenoxy) is 2. The number of fused-ring (bicyclic) bond motifs is 1. The molecule has 3 N–H and O–H groups in total. The molecule has 0 spiro atoms. The highest BCUT2D eigenvalue weighted by molar-refractivity contribution is 5.99. The third-order valence-corrected chi connectivity index (χ3v) is 7.29. The van der Waals surface area contributed by atoms with E-state index in [0.717, 1.165) is 13.0 Å². The van der Waals surface area contributed by atoms with Gasteiger partial charge in [-0.15, -0.1) is 0 Å². The molecule has 1 amide bonds. The van der Waals surface area contributed by atoms with Crippen LogP contribution in [0.5, 0.6) is 11.5 Å². The molecule has 1 atom stereocenters. The van der Waals surface area contributed by atoms with E-state index in [1.807, 2.05) is 43.5 Å². The number of likely N-dealkylation sites (N-methyl/N-ethyl adjacent to an activating group) is 1. The van der Waals surface area contributed by atoms with Crippen molar-refractivity contribution in [2.45, 2.75) is 12.5 Å². The Balaban J connectivity index is 1.26. The minimum absolute atomic E-state index is 0.161. The fourth-order valence-electron chi connectivity index (χ4n) is 5.06. The number of rotatable bonds is 9. The monoisotopic (exact) mass is 577 g/mol. The van der Waals surface area contributed by atoms with Gasteiger partial charge in [0.05, 0.1) is 18.0 Å². The third kappa shape index (κ3) is 6.03. The number of amides is 1. The average Bonchev–Trinajstić information content (AvgIpc) is 3.65. The van der Waals surface area contributed by atoms with E-state index < -0.39 is 0 Å². The number of benzene rings is 3. The van der Waals surface area contributed by atoms with E-state index in [0.29, 0.717) is 58.9 Å². The quantitative estimate of drug-likeness (QED) is 0.250. The number of anilines is 2. The molecule has 0 bridgehead atoms. The maximum absolute atomic E-state index is 13.9. The second kappa shape index (κ2) is 12.3. The zero-order chi connectivity index (χ0) is 29.8. The molecule has 218 valence electrons. The topological polar surface area (TPSA) is 130 Å². The fraction of sp³-hybridized carbons (Fsp3) is 0.188. The number of carbonyl (C=O) groups is 1. The van der Waals surface area contributed by atoms with Crippen molar-refractivity contribution in [3.63, 3.8) is 0 Å². The number of para-hydroxylation sites is 1. The van der Waals surface area contributed by atoms with Crippen molar-refractivity contribution in [2.24, 2.45) is 0 Å². The first-order valence-corrected chi connectivity index (χ1v) is 13.9. The molecule has 2 aromatic heterocycles. The lowest BCUT2D eigenvalue weighted by Crippen LogP contribution is -2.32. The first-order valence-electron chi connectivity index (χ1n) is 13.9. The molecule has 0 saturated carbocycles. The summed E-state index contributed by atoms with van der Waals surface area (Å²) >= 11 is 0. The van der Waals surface area contributed by atoms with Gasteiger partial charge in [0.15, 0.2) is 11.5 Å². The number of nitrogens with zero attached hydrogens (tertiary/aromatic N) is 5. The molecule has 11 heteroatoms. The Labute approximate surface area is 247 Å². The smallest absolute Gasteiger partial charge is 0.339 e. The predicted octanol–water partition coefficient (Wildman–Crippen LogP) is 4.16. The fourth-order valence-corrected chi connectivity index (χ4v) is 5.06. The van der Waals surface area contributed by atoms with Gasteiger partial charge in [-0.25, -0.2) is 19.3 Å². The van der Waals surface area contributed by atoms with Crippen LogP contribution >= 0.6 is 0 Å². The minimum atomic E-state index is -0.388. The normalized spacial score (nSPS) is 15.0. The van der Waals surface area contributed by atoms with E-state index >= 15 is 0 Å². The molecule has 6 rings (SSSR count). The lowest BCUT2D eigenvalue weighted by Gasteiger charge is -2.20. The number of carbonyl (C=O) groups excluding carboxylic acids is 1. The Morgan fingerprint density at radius 2 is 1.84 bits per heavy atom. The molecular weight excluding hydrogens is 546 g/mol. The highest BCUT2D eigenvalue weighted by Crippen LogP contribution is 2.26. The Hall–Kier alpha value is -5.26. The second-order valence-electron chi connectivity index (χ2n) is 10.2. The highest BCUT2D eigenvalue weighted by Gasteiger charge is 2.21. The SMILES string of the molecule is CN(C/C=C/C(=O)Nc1cccc(-n2c(=O)n(-c3ccc(Oc4ccccc4)cc3)c3c(N)ncnc32)c1)C1CCOC1. The Morgan fingerprint density at radius 1 is 1.05 bits per heavy atom. The van der Waals surface area contributed by atoms with Crippen LogP contribution in [-0.2, 0) is 9.53 Å². The van der Waals surface area contributed by atoms with Crippen LogP contribution in [0.3, 0.4) is 0 Å². The van der Waals surface area contributed by atoms with Crippen LogP contribution in [0.2, 0.25) is 0 Å². The number of imidazole rings is 1. The van der Waals surface area contributed by atoms with Gasteiger partial charge in [-0.2, -0.15) is 0 Å². The molecule has 5 aromatic rings. The molecule has 43 heavy (non-hydrogen) atoms. The Morgan fingerprint density at radius 3 is 2.60 bits per heavy atom. The van der Waals surface area contributed by atoms with Crippen molar-refractivity contribution in [2.75, 3.05) is 37.9 Å². The van der Waals surface area contributed by atoms with Crippen LogP contribution in [0.4, 0.5) is 11.5 Å². The zero-order valence-corrected chi connectivity index (χ0v) is 23.6. The molecule has 3 heterocycles. The first kappa shape index (κ1) is 27.9. The number of hydrogen-bond acceptors (Lipinski definition) is 8. The van der Waals surface area contributed by atoms with Gasteiger partial charge in [0, 0.05) is 31.0 Å². The summed E-state index contributed by atoms with van der Waals surface area (Å²) in [6, 6.07) is 23.9. The van der Waals surface area contributed by atoms with Gasteiger partial charge in [0.2, 0.25) is 5.91 Å². The van der Waals surface area contributed by atoms with Crippen LogP contribution in [-0.4, -0.2) is 62.8 Å². The second-order valence-corrected chi connectivity index (χ2v) is 10.2. The molecule has 1 saturated heterocycles. The van der Waals surface area contributed by atoms with Crippen molar-refractivity contribution in [1.29, 1.82) is 0 Å². The van der Waals surface area contributed by atoms with Crippen LogP contribution < -0.4 is 21.5 Å². The summed E-state index contributed by atoms with van der Waals surface area (Å²) in [5.74, 6) is 1.21. The molecule has 1 unspecified atom stereocenters. The maximum atomic E-state index is 13.9. The summed E-state index contributed by atoms with van der Waals surface area (Å²) in [6.45, 7) is 2.12.